The SMILES string of the molecule is O=C(CCNS(=O)(=O)c1cccs1)Nc1ccn[nH]1. The van der Waals surface area contributed by atoms with Crippen LogP contribution in [0.2, 0.25) is 0 Å². The molecule has 0 spiro atoms. The fourth-order valence-electron chi connectivity index (χ4n) is 1.32. The molecule has 0 radical (unpaired) electrons. The summed E-state index contributed by atoms with van der Waals surface area (Å²) in [6, 6.07) is 4.77. The van der Waals surface area contributed by atoms with Gasteiger partial charge in [0.1, 0.15) is 10.0 Å². The number of nitrogens with one attached hydrogen (secondary N) is 3. The van der Waals surface area contributed by atoms with Gasteiger partial charge in [-0.15, -0.1) is 11.3 Å². The number of hydrogen-bond acceptors (Lipinski definition) is 5. The molecule has 102 valence electrons. The number of H-pyrrole nitrogens is 1. The van der Waals surface area contributed by atoms with Gasteiger partial charge in [-0.05, 0) is 11.4 Å². The van der Waals surface area contributed by atoms with Gasteiger partial charge in [-0.3, -0.25) is 9.89 Å². The minimum Gasteiger partial charge on any atom is -0.311 e. The lowest BCUT2D eigenvalue weighted by atomic mass is 10.4. The first kappa shape index (κ1) is 13.7. The molecule has 1 amide bonds. The normalized spacial score (nSPS) is 11.4. The van der Waals surface area contributed by atoms with E-state index in [0.29, 0.717) is 5.82 Å². The molecule has 2 heterocycles. The summed E-state index contributed by atoms with van der Waals surface area (Å²) in [5.74, 6) is 0.184. The molecule has 0 aliphatic heterocycles. The van der Waals surface area contributed by atoms with Crippen LogP contribution < -0.4 is 10.0 Å². The van der Waals surface area contributed by atoms with Crippen molar-refractivity contribution in [3.05, 3.63) is 29.8 Å². The Kier molecular flexibility index (Phi) is 4.30. The van der Waals surface area contributed by atoms with Crippen molar-refractivity contribution in [3.63, 3.8) is 0 Å². The number of amides is 1. The van der Waals surface area contributed by atoms with Gasteiger partial charge < -0.3 is 5.32 Å². The molecule has 2 aromatic rings. The summed E-state index contributed by atoms with van der Waals surface area (Å²) >= 11 is 1.13. The molecule has 7 nitrogen and oxygen atoms in total. The molecule has 0 saturated carbocycles. The highest BCUT2D eigenvalue weighted by molar-refractivity contribution is 7.91. The van der Waals surface area contributed by atoms with Crippen LogP contribution in [0.1, 0.15) is 6.42 Å². The molecule has 0 saturated heterocycles. The molecule has 0 aliphatic rings. The molecule has 2 aromatic heterocycles. The largest absolute Gasteiger partial charge is 0.311 e. The van der Waals surface area contributed by atoms with E-state index in [1.807, 2.05) is 0 Å². The number of carbonyl (C=O) groups excluding carboxylic acids is 1. The monoisotopic (exact) mass is 300 g/mol. The van der Waals surface area contributed by atoms with Crippen LogP contribution in [0, 0.1) is 0 Å². The maximum atomic E-state index is 11.7. The maximum Gasteiger partial charge on any atom is 0.250 e. The van der Waals surface area contributed by atoms with Gasteiger partial charge in [-0.1, -0.05) is 6.07 Å². The second-order valence-electron chi connectivity index (χ2n) is 3.60. The minimum absolute atomic E-state index is 0.0419. The Morgan fingerprint density at radius 2 is 2.26 bits per heavy atom. The molecule has 0 unspecified atom stereocenters. The van der Waals surface area contributed by atoms with Crippen LogP contribution in [0.4, 0.5) is 5.82 Å². The Morgan fingerprint density at radius 3 is 2.89 bits per heavy atom. The quantitative estimate of drug-likeness (QED) is 0.733. The summed E-state index contributed by atoms with van der Waals surface area (Å²) < 4.78 is 26.1. The van der Waals surface area contributed by atoms with Crippen molar-refractivity contribution in [1.29, 1.82) is 0 Å². The van der Waals surface area contributed by atoms with Crippen molar-refractivity contribution in [1.82, 2.24) is 14.9 Å². The van der Waals surface area contributed by atoms with Gasteiger partial charge in [0.05, 0.1) is 6.20 Å². The number of thiophene rings is 1. The third-order valence-electron chi connectivity index (χ3n) is 2.18. The summed E-state index contributed by atoms with van der Waals surface area (Å²) in [6.07, 6.45) is 1.55. The number of carbonyl (C=O) groups is 1. The van der Waals surface area contributed by atoms with E-state index >= 15 is 0 Å². The molecule has 0 atom stereocenters. The van der Waals surface area contributed by atoms with E-state index in [2.05, 4.69) is 20.2 Å². The zero-order chi connectivity index (χ0) is 13.7. The topological polar surface area (TPSA) is 104 Å². The van der Waals surface area contributed by atoms with Gasteiger partial charge in [0.15, 0.2) is 0 Å². The summed E-state index contributed by atoms with van der Waals surface area (Å²) in [4.78, 5) is 11.5. The van der Waals surface area contributed by atoms with Crippen molar-refractivity contribution < 1.29 is 13.2 Å². The van der Waals surface area contributed by atoms with Crippen LogP contribution in [-0.2, 0) is 14.8 Å². The molecular formula is C10H12N4O3S2. The van der Waals surface area contributed by atoms with E-state index < -0.39 is 10.0 Å². The van der Waals surface area contributed by atoms with Crippen LogP contribution in [0.3, 0.4) is 0 Å². The number of nitrogens with zero attached hydrogens (tertiary/aromatic N) is 1. The average Bonchev–Trinajstić information content (AvgIpc) is 3.00. The zero-order valence-corrected chi connectivity index (χ0v) is 11.4. The summed E-state index contributed by atoms with van der Waals surface area (Å²) in [7, 11) is -3.51. The number of hydrogen-bond donors (Lipinski definition) is 3. The maximum absolute atomic E-state index is 11.7. The van der Waals surface area contributed by atoms with Gasteiger partial charge >= 0.3 is 0 Å². The molecule has 0 aliphatic carbocycles. The minimum atomic E-state index is -3.51. The fourth-order valence-corrected chi connectivity index (χ4v) is 3.39. The number of aromatic nitrogens is 2. The van der Waals surface area contributed by atoms with Crippen molar-refractivity contribution in [3.8, 4) is 0 Å². The van der Waals surface area contributed by atoms with Crippen LogP contribution in [-0.4, -0.2) is 31.1 Å². The molecule has 9 heteroatoms. The van der Waals surface area contributed by atoms with E-state index in [0.717, 1.165) is 11.3 Å². The Labute approximate surface area is 114 Å². The highest BCUT2D eigenvalue weighted by Crippen LogP contribution is 2.14. The highest BCUT2D eigenvalue weighted by atomic mass is 32.2. The first-order chi connectivity index (χ1) is 9.08. The number of rotatable bonds is 6. The second-order valence-corrected chi connectivity index (χ2v) is 6.54. The zero-order valence-electron chi connectivity index (χ0n) is 9.79. The molecule has 0 bridgehead atoms. The van der Waals surface area contributed by atoms with E-state index in [1.54, 1.807) is 17.5 Å². The Hall–Kier alpha value is -1.71. The van der Waals surface area contributed by atoms with Crippen LogP contribution in [0.15, 0.2) is 34.0 Å². The second kappa shape index (κ2) is 5.95. The van der Waals surface area contributed by atoms with Crippen molar-refractivity contribution in [2.75, 3.05) is 11.9 Å². The predicted molar refractivity (Wildman–Crippen MR) is 71.3 cm³/mol. The fraction of sp³-hybridized carbons (Fsp3) is 0.200. The summed E-state index contributed by atoms with van der Waals surface area (Å²) in [6.45, 7) is 0.0419. The highest BCUT2D eigenvalue weighted by Gasteiger charge is 2.14. The van der Waals surface area contributed by atoms with Crippen LogP contribution >= 0.6 is 11.3 Å². The van der Waals surface area contributed by atoms with E-state index in [-0.39, 0.29) is 23.1 Å². The van der Waals surface area contributed by atoms with E-state index in [9.17, 15) is 13.2 Å². The van der Waals surface area contributed by atoms with E-state index in [1.165, 1.54) is 12.3 Å². The van der Waals surface area contributed by atoms with Crippen molar-refractivity contribution >= 4 is 33.1 Å². The molecule has 19 heavy (non-hydrogen) atoms. The Morgan fingerprint density at radius 1 is 1.42 bits per heavy atom. The third-order valence-corrected chi connectivity index (χ3v) is 5.04. The smallest absolute Gasteiger partial charge is 0.250 e. The lowest BCUT2D eigenvalue weighted by Gasteiger charge is -2.04. The molecule has 3 N–H and O–H groups in total. The van der Waals surface area contributed by atoms with Gasteiger partial charge in [0.2, 0.25) is 15.9 Å². The van der Waals surface area contributed by atoms with E-state index in [4.69, 9.17) is 0 Å². The van der Waals surface area contributed by atoms with Crippen LogP contribution in [0.25, 0.3) is 0 Å². The lowest BCUT2D eigenvalue weighted by molar-refractivity contribution is -0.116. The van der Waals surface area contributed by atoms with Crippen molar-refractivity contribution in [2.24, 2.45) is 0 Å². The number of aromatic amines is 1. The summed E-state index contributed by atoms with van der Waals surface area (Å²) in [5, 5.41) is 10.5. The standard InChI is InChI=1S/C10H12N4O3S2/c15-9(13-8-3-5-11-14-8)4-6-12-19(16,17)10-2-1-7-18-10/h1-3,5,7,12H,4,6H2,(H2,11,13,14,15). The average molecular weight is 300 g/mol. The Balaban J connectivity index is 1.79. The van der Waals surface area contributed by atoms with Gasteiger partial charge in [-0.2, -0.15) is 5.10 Å². The molecule has 0 fully saturated rings. The molecular weight excluding hydrogens is 288 g/mol. The third kappa shape index (κ3) is 3.88. The number of sulfonamides is 1. The van der Waals surface area contributed by atoms with Crippen molar-refractivity contribution in [2.45, 2.75) is 10.6 Å². The number of anilines is 1. The van der Waals surface area contributed by atoms with Gasteiger partial charge in [0, 0.05) is 19.0 Å². The predicted octanol–water partition coefficient (Wildman–Crippen LogP) is 0.778. The molecule has 2 rings (SSSR count). The first-order valence-corrected chi connectivity index (χ1v) is 7.76. The van der Waals surface area contributed by atoms with Crippen LogP contribution in [0.5, 0.6) is 0 Å². The lowest BCUT2D eigenvalue weighted by Crippen LogP contribution is -2.27. The molecule has 0 aromatic carbocycles. The summed E-state index contributed by atoms with van der Waals surface area (Å²) in [5.41, 5.74) is 0. The first-order valence-electron chi connectivity index (χ1n) is 5.40. The van der Waals surface area contributed by atoms with Gasteiger partial charge in [0.25, 0.3) is 0 Å². The Bertz CT molecular complexity index is 620. The van der Waals surface area contributed by atoms with Gasteiger partial charge in [-0.25, -0.2) is 13.1 Å².